The number of thiophene rings is 2. The van der Waals surface area contributed by atoms with Crippen LogP contribution in [0.15, 0.2) is 194 Å². The molecule has 280 valence electrons. The Hall–Kier alpha value is -6.66. The van der Waals surface area contributed by atoms with Gasteiger partial charge < -0.3 is 14.8 Å². The second kappa shape index (κ2) is 12.9. The molecule has 13 rings (SSSR count). The zero-order valence-corrected chi connectivity index (χ0v) is 33.7. The molecule has 3 aromatic heterocycles. The van der Waals surface area contributed by atoms with Crippen LogP contribution >= 0.6 is 22.7 Å². The van der Waals surface area contributed by atoms with Gasteiger partial charge in [-0.1, -0.05) is 115 Å². The Morgan fingerprint density at radius 2 is 1.20 bits per heavy atom. The Bertz CT molecular complexity index is 3430. The third-order valence-corrected chi connectivity index (χ3v) is 15.1. The summed E-state index contributed by atoms with van der Waals surface area (Å²) >= 11 is 3.78. The van der Waals surface area contributed by atoms with E-state index in [9.17, 15) is 0 Å². The second-order valence-corrected chi connectivity index (χ2v) is 18.2. The van der Waals surface area contributed by atoms with Crippen molar-refractivity contribution in [2.45, 2.75) is 18.6 Å². The van der Waals surface area contributed by atoms with Crippen LogP contribution in [0, 0.1) is 5.92 Å². The number of aromatic nitrogens is 1. The number of rotatable bonds is 5. The van der Waals surface area contributed by atoms with Crippen LogP contribution in [0.1, 0.15) is 23.7 Å². The molecule has 0 bridgehead atoms. The zero-order valence-electron chi connectivity index (χ0n) is 32.0. The molecule has 3 nitrogen and oxygen atoms in total. The SMILES string of the molecule is C1=CCC(C2C3=CC=C(c4ccccc4)NC(c4cccc5sc6ccc(-c7ccc8sc9ccc(-n%10c%11ccccc%11c%11ccccc%11%10)cc9c8c7)cc6c45)N32)C=C1. The molecular weight excluding hydrogens is 755 g/mol. The van der Waals surface area contributed by atoms with Gasteiger partial charge in [-0.05, 0) is 95.9 Å². The second-order valence-electron chi connectivity index (χ2n) is 16.0. The summed E-state index contributed by atoms with van der Waals surface area (Å²) in [5.41, 5.74) is 11.3. The maximum atomic E-state index is 4.07. The molecule has 10 aromatic rings. The molecule has 0 radical (unpaired) electrons. The van der Waals surface area contributed by atoms with Crippen molar-refractivity contribution in [3.63, 3.8) is 0 Å². The first-order valence-corrected chi connectivity index (χ1v) is 22.1. The van der Waals surface area contributed by atoms with E-state index in [1.165, 1.54) is 95.8 Å². The zero-order chi connectivity index (χ0) is 38.6. The standard InChI is InChI=1S/C54H37N3S2/c1-3-12-33(13-4-1)44-25-26-47-53(34-14-5-2-6-15-34)57(47)54(55-44)40-18-11-21-51-52(40)43-31-36(23-28-50(43)59-51)35-22-27-48-41(30-35)42-32-37(24-29-49(42)58-48)56-45-19-9-7-16-38(45)39-17-8-10-20-46(39)56/h1-14,16-32,34,53-55H,15H2. The predicted octanol–water partition coefficient (Wildman–Crippen LogP) is 14.5. The molecule has 1 N–H and O–H groups in total. The van der Waals surface area contributed by atoms with E-state index in [1.54, 1.807) is 0 Å². The smallest absolute Gasteiger partial charge is 0.127 e. The fourth-order valence-electron chi connectivity index (χ4n) is 10.0. The topological polar surface area (TPSA) is 20.0 Å². The van der Waals surface area contributed by atoms with Crippen LogP contribution < -0.4 is 5.32 Å². The number of nitrogens with one attached hydrogen (secondary N) is 1. The number of benzene rings is 7. The average Bonchev–Trinajstić information content (AvgIpc) is 3.58. The molecule has 3 unspecified atom stereocenters. The molecule has 1 aliphatic carbocycles. The van der Waals surface area contributed by atoms with Crippen LogP contribution in [0.25, 0.3) is 84.7 Å². The van der Waals surface area contributed by atoms with E-state index in [-0.39, 0.29) is 6.17 Å². The maximum absolute atomic E-state index is 4.07. The summed E-state index contributed by atoms with van der Waals surface area (Å²) in [4.78, 5) is 2.63. The van der Waals surface area contributed by atoms with Crippen LogP contribution in [-0.2, 0) is 0 Å². The van der Waals surface area contributed by atoms with Crippen LogP contribution in [0.4, 0.5) is 0 Å². The number of para-hydroxylation sites is 2. The number of allylic oxidation sites excluding steroid dienone is 5. The van der Waals surface area contributed by atoms with Gasteiger partial charge in [-0.15, -0.1) is 22.7 Å². The molecule has 0 spiro atoms. The minimum atomic E-state index is 0.00178. The van der Waals surface area contributed by atoms with E-state index in [2.05, 4.69) is 203 Å². The Balaban J connectivity index is 0.937. The Morgan fingerprint density at radius 3 is 1.97 bits per heavy atom. The first-order valence-electron chi connectivity index (χ1n) is 20.5. The van der Waals surface area contributed by atoms with E-state index in [0.717, 1.165) is 12.1 Å². The molecule has 5 heterocycles. The van der Waals surface area contributed by atoms with Crippen molar-refractivity contribution in [1.82, 2.24) is 14.8 Å². The third-order valence-electron chi connectivity index (χ3n) is 12.8. The first kappa shape index (κ1) is 33.3. The van der Waals surface area contributed by atoms with Gasteiger partial charge in [0.15, 0.2) is 0 Å². The number of nitrogens with zero attached hydrogens (tertiary/aromatic N) is 2. The largest absolute Gasteiger partial charge is 0.361 e. The van der Waals surface area contributed by atoms with E-state index < -0.39 is 0 Å². The lowest BCUT2D eigenvalue weighted by Gasteiger charge is -2.26. The molecule has 3 aliphatic rings. The van der Waals surface area contributed by atoms with E-state index in [1.807, 2.05) is 22.7 Å². The Labute approximate surface area is 349 Å². The third kappa shape index (κ3) is 5.18. The van der Waals surface area contributed by atoms with Gasteiger partial charge in [-0.2, -0.15) is 0 Å². The molecule has 1 saturated heterocycles. The summed E-state index contributed by atoms with van der Waals surface area (Å²) in [6, 6.07) is 56.8. The predicted molar refractivity (Wildman–Crippen MR) is 252 cm³/mol. The van der Waals surface area contributed by atoms with E-state index in [4.69, 9.17) is 0 Å². The number of fused-ring (bicyclic) bond motifs is 10. The molecule has 0 amide bonds. The molecule has 1 fully saturated rings. The molecule has 2 aliphatic heterocycles. The van der Waals surface area contributed by atoms with Crippen molar-refractivity contribution in [3.8, 4) is 16.8 Å². The minimum Gasteiger partial charge on any atom is -0.361 e. The van der Waals surface area contributed by atoms with Gasteiger partial charge in [0, 0.05) is 79.7 Å². The normalized spacial score (nSPS) is 18.8. The van der Waals surface area contributed by atoms with Crippen LogP contribution in [0.3, 0.4) is 0 Å². The van der Waals surface area contributed by atoms with Gasteiger partial charge in [-0.3, -0.25) is 0 Å². The molecule has 7 aromatic carbocycles. The van der Waals surface area contributed by atoms with Gasteiger partial charge in [-0.25, -0.2) is 0 Å². The van der Waals surface area contributed by atoms with Crippen molar-refractivity contribution in [2.24, 2.45) is 5.92 Å². The van der Waals surface area contributed by atoms with Crippen LogP contribution in [0.2, 0.25) is 0 Å². The average molecular weight is 792 g/mol. The Morgan fingerprint density at radius 1 is 0.525 bits per heavy atom. The summed E-state index contributed by atoms with van der Waals surface area (Å²) < 4.78 is 7.70. The molecule has 59 heavy (non-hydrogen) atoms. The van der Waals surface area contributed by atoms with Gasteiger partial charge in [0.2, 0.25) is 0 Å². The number of hydrogen-bond donors (Lipinski definition) is 1. The lowest BCUT2D eigenvalue weighted by molar-refractivity contribution is 0.338. The monoisotopic (exact) mass is 791 g/mol. The minimum absolute atomic E-state index is 0.00178. The van der Waals surface area contributed by atoms with Gasteiger partial charge in [0.25, 0.3) is 0 Å². The van der Waals surface area contributed by atoms with Crippen LogP contribution in [-0.4, -0.2) is 15.5 Å². The summed E-state index contributed by atoms with van der Waals surface area (Å²) in [7, 11) is 0. The maximum Gasteiger partial charge on any atom is 0.127 e. The quantitative estimate of drug-likeness (QED) is 0.175. The van der Waals surface area contributed by atoms with Gasteiger partial charge in [0.05, 0.1) is 17.1 Å². The highest BCUT2D eigenvalue weighted by Crippen LogP contribution is 2.51. The fraction of sp³-hybridized carbons (Fsp3) is 0.0741. The van der Waals surface area contributed by atoms with Gasteiger partial charge >= 0.3 is 0 Å². The number of hydrogen-bond acceptors (Lipinski definition) is 4. The Kier molecular flexibility index (Phi) is 7.30. The van der Waals surface area contributed by atoms with Crippen molar-refractivity contribution in [1.29, 1.82) is 0 Å². The molecule has 5 heteroatoms. The van der Waals surface area contributed by atoms with E-state index >= 15 is 0 Å². The highest BCUT2D eigenvalue weighted by atomic mass is 32.1. The lowest BCUT2D eigenvalue weighted by atomic mass is 9.95. The van der Waals surface area contributed by atoms with Crippen molar-refractivity contribution in [3.05, 3.63) is 205 Å². The first-order chi connectivity index (χ1) is 29.2. The van der Waals surface area contributed by atoms with Crippen molar-refractivity contribution < 1.29 is 0 Å². The van der Waals surface area contributed by atoms with E-state index in [0.29, 0.717) is 12.0 Å². The lowest BCUT2D eigenvalue weighted by Crippen LogP contribution is -2.29. The fourth-order valence-corrected chi connectivity index (χ4v) is 12.2. The molecular formula is C54H37N3S2. The van der Waals surface area contributed by atoms with Gasteiger partial charge in [0.1, 0.15) is 6.17 Å². The van der Waals surface area contributed by atoms with Crippen molar-refractivity contribution >= 4 is 90.5 Å². The van der Waals surface area contributed by atoms with Crippen molar-refractivity contribution in [2.75, 3.05) is 0 Å². The molecule has 0 saturated carbocycles. The summed E-state index contributed by atoms with van der Waals surface area (Å²) in [5, 5.41) is 11.9. The molecule has 3 atom stereocenters. The summed E-state index contributed by atoms with van der Waals surface area (Å²) in [6.07, 6.45) is 14.8. The summed E-state index contributed by atoms with van der Waals surface area (Å²) in [6.45, 7) is 0. The highest BCUT2D eigenvalue weighted by molar-refractivity contribution is 7.26. The summed E-state index contributed by atoms with van der Waals surface area (Å²) in [5.74, 6) is 0.466. The van der Waals surface area contributed by atoms with Crippen LogP contribution in [0.5, 0.6) is 0 Å². The highest BCUT2D eigenvalue weighted by Gasteiger charge is 2.50.